The molecular weight excluding hydrogens is 382 g/mol. The number of sulfonamides is 1. The lowest BCUT2D eigenvalue weighted by Crippen LogP contribution is -2.15. The van der Waals surface area contributed by atoms with Crippen LogP contribution in [0.4, 0.5) is 5.95 Å². The number of halogens is 2. The Bertz CT molecular complexity index is 927. The van der Waals surface area contributed by atoms with Crippen LogP contribution in [0.1, 0.15) is 0 Å². The monoisotopic (exact) mass is 387 g/mol. The first-order valence-electron chi connectivity index (χ1n) is 5.61. The molecule has 1 aromatic carbocycles. The lowest BCUT2D eigenvalue weighted by molar-refractivity contribution is 0.600. The molecule has 7 nitrogen and oxygen atoms in total. The molecule has 2 N–H and O–H groups in total. The molecule has 0 bridgehead atoms. The maximum absolute atomic E-state index is 12.3. The van der Waals surface area contributed by atoms with Gasteiger partial charge in [-0.05, 0) is 28.1 Å². The summed E-state index contributed by atoms with van der Waals surface area (Å²) in [4.78, 5) is 14.7. The lowest BCUT2D eigenvalue weighted by atomic mass is 10.4. The molecule has 21 heavy (non-hydrogen) atoms. The van der Waals surface area contributed by atoms with Gasteiger partial charge >= 0.3 is 0 Å². The van der Waals surface area contributed by atoms with Gasteiger partial charge < -0.3 is 4.98 Å². The number of hydrogen-bond donors (Lipinski definition) is 2. The highest BCUT2D eigenvalue weighted by molar-refractivity contribution is 9.10. The Morgan fingerprint density at radius 1 is 1.24 bits per heavy atom. The number of rotatable bonds is 3. The number of aromatic nitrogens is 4. The summed E-state index contributed by atoms with van der Waals surface area (Å²) in [6.07, 6.45) is 1.40. The van der Waals surface area contributed by atoms with Gasteiger partial charge in [0.2, 0.25) is 5.95 Å². The molecule has 0 radical (unpaired) electrons. The summed E-state index contributed by atoms with van der Waals surface area (Å²) < 4.78 is 27.3. The van der Waals surface area contributed by atoms with Crippen molar-refractivity contribution in [1.29, 1.82) is 0 Å². The molecule has 0 aliphatic carbocycles. The Balaban J connectivity index is 2.03. The molecule has 0 saturated carbocycles. The Morgan fingerprint density at radius 3 is 2.76 bits per heavy atom. The van der Waals surface area contributed by atoms with E-state index in [0.29, 0.717) is 9.99 Å². The highest BCUT2D eigenvalue weighted by Gasteiger charge is 2.19. The number of nitrogens with one attached hydrogen (secondary N) is 2. The maximum atomic E-state index is 12.3. The van der Waals surface area contributed by atoms with Gasteiger partial charge in [0.1, 0.15) is 10.4 Å². The maximum Gasteiger partial charge on any atom is 0.265 e. The topological polar surface area (TPSA) is 101 Å². The molecule has 0 saturated heterocycles. The zero-order valence-corrected chi connectivity index (χ0v) is 13.4. The van der Waals surface area contributed by atoms with E-state index < -0.39 is 10.0 Å². The summed E-state index contributed by atoms with van der Waals surface area (Å²) >= 11 is 9.13. The van der Waals surface area contributed by atoms with E-state index in [1.807, 2.05) is 0 Å². The van der Waals surface area contributed by atoms with Crippen LogP contribution in [0.3, 0.4) is 0 Å². The number of nitrogens with zero attached hydrogens (tertiary/aromatic N) is 3. The average molecular weight is 389 g/mol. The minimum atomic E-state index is -3.83. The fourth-order valence-electron chi connectivity index (χ4n) is 1.68. The highest BCUT2D eigenvalue weighted by Crippen LogP contribution is 2.24. The van der Waals surface area contributed by atoms with Gasteiger partial charge in [-0.15, -0.1) is 0 Å². The largest absolute Gasteiger partial charge is 0.341 e. The molecule has 0 aliphatic rings. The number of benzene rings is 1. The number of anilines is 1. The molecule has 0 spiro atoms. The first kappa shape index (κ1) is 14.2. The summed E-state index contributed by atoms with van der Waals surface area (Å²) in [7, 11) is -3.83. The number of imidazole rings is 1. The van der Waals surface area contributed by atoms with Crippen LogP contribution >= 0.6 is 27.5 Å². The van der Waals surface area contributed by atoms with Crippen LogP contribution in [0.2, 0.25) is 5.15 Å². The third-order valence-electron chi connectivity index (χ3n) is 2.59. The Hall–Kier alpha value is -1.71. The third kappa shape index (κ3) is 2.71. The first-order valence-corrected chi connectivity index (χ1v) is 8.27. The van der Waals surface area contributed by atoms with Gasteiger partial charge in [-0.25, -0.2) is 18.1 Å². The van der Waals surface area contributed by atoms with E-state index in [4.69, 9.17) is 11.6 Å². The van der Waals surface area contributed by atoms with Crippen LogP contribution < -0.4 is 4.72 Å². The molecule has 3 rings (SSSR count). The van der Waals surface area contributed by atoms with Crippen molar-refractivity contribution < 1.29 is 8.42 Å². The second-order valence-corrected chi connectivity index (χ2v) is 6.84. The van der Waals surface area contributed by atoms with Gasteiger partial charge in [0, 0.05) is 4.47 Å². The van der Waals surface area contributed by atoms with Gasteiger partial charge in [-0.1, -0.05) is 23.7 Å². The Labute approximate surface area is 133 Å². The van der Waals surface area contributed by atoms with Crippen molar-refractivity contribution in [3.63, 3.8) is 0 Å². The van der Waals surface area contributed by atoms with Gasteiger partial charge in [-0.3, -0.25) is 0 Å². The lowest BCUT2D eigenvalue weighted by Gasteiger charge is -2.08. The van der Waals surface area contributed by atoms with E-state index in [1.54, 1.807) is 18.2 Å². The van der Waals surface area contributed by atoms with Gasteiger partial charge in [0.05, 0.1) is 6.33 Å². The number of hydrogen-bond acceptors (Lipinski definition) is 5. The predicted octanol–water partition coefficient (Wildman–Crippen LogP) is 2.57. The molecule has 0 atom stereocenters. The van der Waals surface area contributed by atoms with Crippen LogP contribution in [0.25, 0.3) is 11.2 Å². The van der Waals surface area contributed by atoms with E-state index in [9.17, 15) is 8.42 Å². The smallest absolute Gasteiger partial charge is 0.265 e. The van der Waals surface area contributed by atoms with E-state index >= 15 is 0 Å². The van der Waals surface area contributed by atoms with Crippen molar-refractivity contribution in [2.24, 2.45) is 0 Å². The van der Waals surface area contributed by atoms with Gasteiger partial charge in [0.25, 0.3) is 10.0 Å². The summed E-state index contributed by atoms with van der Waals surface area (Å²) in [6, 6.07) is 6.41. The van der Waals surface area contributed by atoms with Crippen molar-refractivity contribution in [2.45, 2.75) is 4.90 Å². The molecule has 0 amide bonds. The average Bonchev–Trinajstić information content (AvgIpc) is 2.87. The fraction of sp³-hybridized carbons (Fsp3) is 0. The Morgan fingerprint density at radius 2 is 2.00 bits per heavy atom. The van der Waals surface area contributed by atoms with Crippen LogP contribution in [0.15, 0.2) is 40.0 Å². The molecule has 2 heterocycles. The molecule has 2 aromatic heterocycles. The van der Waals surface area contributed by atoms with Crippen molar-refractivity contribution in [1.82, 2.24) is 19.9 Å². The SMILES string of the molecule is O=S(=O)(Nc1nc(Cl)c2[nH]cnc2n1)c1ccccc1Br. The fourth-order valence-corrected chi connectivity index (χ4v) is 3.85. The van der Waals surface area contributed by atoms with E-state index in [2.05, 4.69) is 40.6 Å². The van der Waals surface area contributed by atoms with Gasteiger partial charge in [-0.2, -0.15) is 9.97 Å². The second-order valence-electron chi connectivity index (χ2n) is 3.98. The molecule has 108 valence electrons. The molecular formula is C11H7BrClN5O2S. The zero-order chi connectivity index (χ0) is 15.0. The summed E-state index contributed by atoms with van der Waals surface area (Å²) in [6.45, 7) is 0. The summed E-state index contributed by atoms with van der Waals surface area (Å²) in [5, 5.41) is 0.0855. The Kier molecular flexibility index (Phi) is 3.56. The standard InChI is InChI=1S/C11H7BrClN5O2S/c12-6-3-1-2-4-7(6)21(19,20)18-11-16-9(13)8-10(17-11)15-5-14-8/h1-5H,(H2,14,15,16,17,18). The molecule has 10 heteroatoms. The van der Waals surface area contributed by atoms with Crippen molar-refractivity contribution in [2.75, 3.05) is 4.72 Å². The number of fused-ring (bicyclic) bond motifs is 1. The van der Waals surface area contributed by atoms with E-state index in [0.717, 1.165) is 0 Å². The second kappa shape index (κ2) is 5.24. The van der Waals surface area contributed by atoms with Crippen molar-refractivity contribution >= 4 is 54.7 Å². The van der Waals surface area contributed by atoms with Crippen LogP contribution in [0, 0.1) is 0 Å². The molecule has 3 aromatic rings. The highest BCUT2D eigenvalue weighted by atomic mass is 79.9. The molecule has 0 fully saturated rings. The molecule has 0 unspecified atom stereocenters. The van der Waals surface area contributed by atoms with Crippen molar-refractivity contribution in [3.05, 3.63) is 40.2 Å². The summed E-state index contributed by atoms with van der Waals surface area (Å²) in [5.74, 6) is -0.143. The normalized spacial score (nSPS) is 11.7. The van der Waals surface area contributed by atoms with E-state index in [-0.39, 0.29) is 21.6 Å². The number of aromatic amines is 1. The first-order chi connectivity index (χ1) is 9.97. The van der Waals surface area contributed by atoms with Crippen LogP contribution in [-0.2, 0) is 10.0 Å². The van der Waals surface area contributed by atoms with Crippen molar-refractivity contribution in [3.8, 4) is 0 Å². The number of H-pyrrole nitrogens is 1. The van der Waals surface area contributed by atoms with Gasteiger partial charge in [0.15, 0.2) is 10.8 Å². The quantitative estimate of drug-likeness (QED) is 0.672. The summed E-state index contributed by atoms with van der Waals surface area (Å²) in [5.41, 5.74) is 0.723. The van der Waals surface area contributed by atoms with Crippen LogP contribution in [-0.4, -0.2) is 28.4 Å². The van der Waals surface area contributed by atoms with Crippen LogP contribution in [0.5, 0.6) is 0 Å². The predicted molar refractivity (Wildman–Crippen MR) is 81.6 cm³/mol. The van der Waals surface area contributed by atoms with E-state index in [1.165, 1.54) is 12.4 Å². The molecule has 0 aliphatic heterocycles. The third-order valence-corrected chi connectivity index (χ3v) is 5.21. The minimum Gasteiger partial charge on any atom is -0.341 e. The minimum absolute atomic E-state index is 0.0758. The zero-order valence-electron chi connectivity index (χ0n) is 10.2.